The summed E-state index contributed by atoms with van der Waals surface area (Å²) in [5.41, 5.74) is 5.48. The van der Waals surface area contributed by atoms with Gasteiger partial charge in [-0.15, -0.1) is 0 Å². The van der Waals surface area contributed by atoms with E-state index in [4.69, 9.17) is 17.3 Å². The van der Waals surface area contributed by atoms with E-state index < -0.39 is 11.7 Å². The molecule has 0 amide bonds. The Balaban J connectivity index is 3.09. The van der Waals surface area contributed by atoms with Gasteiger partial charge in [0.1, 0.15) is 0 Å². The molecule has 1 aromatic rings. The van der Waals surface area contributed by atoms with E-state index in [0.717, 1.165) is 6.07 Å². The summed E-state index contributed by atoms with van der Waals surface area (Å²) in [5.74, 6) is 0. The Hall–Kier alpha value is -0.740. The van der Waals surface area contributed by atoms with Gasteiger partial charge in [-0.05, 0) is 24.1 Å². The summed E-state index contributed by atoms with van der Waals surface area (Å²) in [6, 6.07) is 3.33. The molecule has 15 heavy (non-hydrogen) atoms. The van der Waals surface area contributed by atoms with Crippen LogP contribution in [0.1, 0.15) is 30.5 Å². The first kappa shape index (κ1) is 12.3. The van der Waals surface area contributed by atoms with Crippen molar-refractivity contribution in [2.75, 3.05) is 0 Å². The Morgan fingerprint density at radius 1 is 1.40 bits per heavy atom. The Morgan fingerprint density at radius 2 is 2.00 bits per heavy atom. The molecule has 1 atom stereocenters. The third-order valence-electron chi connectivity index (χ3n) is 2.17. The SMILES string of the molecule is CCC(N)c1ccc(C(F)(F)F)c(Cl)c1. The van der Waals surface area contributed by atoms with E-state index in [-0.39, 0.29) is 11.1 Å². The van der Waals surface area contributed by atoms with Crippen molar-refractivity contribution < 1.29 is 13.2 Å². The first-order valence-electron chi connectivity index (χ1n) is 4.48. The van der Waals surface area contributed by atoms with Crippen molar-refractivity contribution in [1.29, 1.82) is 0 Å². The van der Waals surface area contributed by atoms with Crippen molar-refractivity contribution in [1.82, 2.24) is 0 Å². The highest BCUT2D eigenvalue weighted by Crippen LogP contribution is 2.35. The second-order valence-corrected chi connectivity index (χ2v) is 3.66. The fourth-order valence-corrected chi connectivity index (χ4v) is 1.52. The molecule has 84 valence electrons. The minimum absolute atomic E-state index is 0.273. The fourth-order valence-electron chi connectivity index (χ4n) is 1.23. The summed E-state index contributed by atoms with van der Waals surface area (Å²) < 4.78 is 37.0. The molecule has 0 fully saturated rings. The maximum atomic E-state index is 12.3. The van der Waals surface area contributed by atoms with Crippen molar-refractivity contribution in [3.63, 3.8) is 0 Å². The van der Waals surface area contributed by atoms with Gasteiger partial charge in [0.15, 0.2) is 0 Å². The molecule has 0 saturated heterocycles. The van der Waals surface area contributed by atoms with Crippen LogP contribution in [0.4, 0.5) is 13.2 Å². The van der Waals surface area contributed by atoms with Crippen LogP contribution >= 0.6 is 11.6 Å². The van der Waals surface area contributed by atoms with Crippen molar-refractivity contribution in [3.05, 3.63) is 34.3 Å². The maximum Gasteiger partial charge on any atom is 0.417 e. The van der Waals surface area contributed by atoms with Gasteiger partial charge in [-0.1, -0.05) is 24.6 Å². The van der Waals surface area contributed by atoms with Gasteiger partial charge in [0, 0.05) is 6.04 Å². The van der Waals surface area contributed by atoms with Crippen LogP contribution in [-0.2, 0) is 6.18 Å². The van der Waals surface area contributed by atoms with Gasteiger partial charge < -0.3 is 5.73 Å². The highest BCUT2D eigenvalue weighted by Gasteiger charge is 2.33. The van der Waals surface area contributed by atoms with E-state index in [1.807, 2.05) is 6.92 Å². The molecule has 0 spiro atoms. The average molecular weight is 238 g/mol. The van der Waals surface area contributed by atoms with Gasteiger partial charge in [0.25, 0.3) is 0 Å². The van der Waals surface area contributed by atoms with E-state index in [0.29, 0.717) is 12.0 Å². The molecule has 5 heteroatoms. The van der Waals surface area contributed by atoms with Gasteiger partial charge in [0.05, 0.1) is 10.6 Å². The molecule has 0 aliphatic heterocycles. The standard InChI is InChI=1S/C10H11ClF3N/c1-2-9(15)6-3-4-7(8(11)5-6)10(12,13)14/h3-5,9H,2,15H2,1H3. The molecule has 0 saturated carbocycles. The Bertz CT molecular complexity index is 349. The molecule has 0 bridgehead atoms. The molecule has 1 unspecified atom stereocenters. The van der Waals surface area contributed by atoms with Gasteiger partial charge in [-0.2, -0.15) is 13.2 Å². The summed E-state index contributed by atoms with van der Waals surface area (Å²) in [6.07, 6.45) is -3.76. The molecule has 1 aromatic carbocycles. The number of hydrogen-bond acceptors (Lipinski definition) is 1. The average Bonchev–Trinajstić information content (AvgIpc) is 2.14. The van der Waals surface area contributed by atoms with Crippen molar-refractivity contribution in [2.24, 2.45) is 5.73 Å². The molecular formula is C10H11ClF3N. The molecular weight excluding hydrogens is 227 g/mol. The van der Waals surface area contributed by atoms with Crippen LogP contribution in [0.15, 0.2) is 18.2 Å². The highest BCUT2D eigenvalue weighted by molar-refractivity contribution is 6.31. The number of nitrogens with two attached hydrogens (primary N) is 1. The van der Waals surface area contributed by atoms with Crippen LogP contribution in [-0.4, -0.2) is 0 Å². The first-order chi connectivity index (χ1) is 6.86. The molecule has 2 N–H and O–H groups in total. The van der Waals surface area contributed by atoms with Crippen molar-refractivity contribution in [2.45, 2.75) is 25.6 Å². The molecule has 0 heterocycles. The third-order valence-corrected chi connectivity index (χ3v) is 2.48. The lowest BCUT2D eigenvalue weighted by atomic mass is 10.0. The van der Waals surface area contributed by atoms with Crippen LogP contribution in [0, 0.1) is 0 Å². The zero-order valence-electron chi connectivity index (χ0n) is 8.11. The van der Waals surface area contributed by atoms with Gasteiger partial charge in [-0.3, -0.25) is 0 Å². The largest absolute Gasteiger partial charge is 0.417 e. The molecule has 0 radical (unpaired) electrons. The lowest BCUT2D eigenvalue weighted by Gasteiger charge is -2.13. The lowest BCUT2D eigenvalue weighted by Crippen LogP contribution is -2.11. The van der Waals surface area contributed by atoms with E-state index in [9.17, 15) is 13.2 Å². The number of alkyl halides is 3. The van der Waals surface area contributed by atoms with Crippen LogP contribution in [0.5, 0.6) is 0 Å². The zero-order valence-corrected chi connectivity index (χ0v) is 8.86. The van der Waals surface area contributed by atoms with Crippen molar-refractivity contribution >= 4 is 11.6 Å². The zero-order chi connectivity index (χ0) is 11.6. The summed E-state index contributed by atoms with van der Waals surface area (Å²) in [6.45, 7) is 1.86. The molecule has 0 aliphatic carbocycles. The predicted molar refractivity (Wildman–Crippen MR) is 53.7 cm³/mol. The third kappa shape index (κ3) is 2.86. The van der Waals surface area contributed by atoms with Crippen LogP contribution in [0.25, 0.3) is 0 Å². The van der Waals surface area contributed by atoms with Crippen LogP contribution in [0.2, 0.25) is 5.02 Å². The number of halogens is 4. The Kier molecular flexibility index (Phi) is 3.62. The summed E-state index contributed by atoms with van der Waals surface area (Å²) in [4.78, 5) is 0. The molecule has 1 rings (SSSR count). The predicted octanol–water partition coefficient (Wildman–Crippen LogP) is 3.77. The molecule has 0 aliphatic rings. The maximum absolute atomic E-state index is 12.3. The van der Waals surface area contributed by atoms with E-state index in [1.54, 1.807) is 0 Å². The monoisotopic (exact) mass is 237 g/mol. The van der Waals surface area contributed by atoms with Crippen LogP contribution in [0.3, 0.4) is 0 Å². The molecule has 0 aromatic heterocycles. The minimum Gasteiger partial charge on any atom is -0.324 e. The van der Waals surface area contributed by atoms with Gasteiger partial charge >= 0.3 is 6.18 Å². The van der Waals surface area contributed by atoms with E-state index in [1.165, 1.54) is 12.1 Å². The van der Waals surface area contributed by atoms with Crippen molar-refractivity contribution in [3.8, 4) is 0 Å². The topological polar surface area (TPSA) is 26.0 Å². The fraction of sp³-hybridized carbons (Fsp3) is 0.400. The summed E-state index contributed by atoms with van der Waals surface area (Å²) in [5, 5.41) is -0.302. The second-order valence-electron chi connectivity index (χ2n) is 3.25. The smallest absolute Gasteiger partial charge is 0.324 e. The first-order valence-corrected chi connectivity index (χ1v) is 4.86. The number of rotatable bonds is 2. The van der Waals surface area contributed by atoms with Gasteiger partial charge in [-0.25, -0.2) is 0 Å². The minimum atomic E-state index is -4.41. The van der Waals surface area contributed by atoms with Crippen LogP contribution < -0.4 is 5.73 Å². The second kappa shape index (κ2) is 4.41. The number of hydrogen-bond donors (Lipinski definition) is 1. The van der Waals surface area contributed by atoms with E-state index in [2.05, 4.69) is 0 Å². The van der Waals surface area contributed by atoms with Gasteiger partial charge in [0.2, 0.25) is 0 Å². The highest BCUT2D eigenvalue weighted by atomic mass is 35.5. The Morgan fingerprint density at radius 3 is 2.40 bits per heavy atom. The normalized spacial score (nSPS) is 14.0. The quantitative estimate of drug-likeness (QED) is 0.833. The lowest BCUT2D eigenvalue weighted by molar-refractivity contribution is -0.137. The summed E-state index contributed by atoms with van der Waals surface area (Å²) in [7, 11) is 0. The molecule has 1 nitrogen and oxygen atoms in total. The van der Waals surface area contributed by atoms with E-state index >= 15 is 0 Å². The number of benzene rings is 1. The summed E-state index contributed by atoms with van der Waals surface area (Å²) >= 11 is 5.54. The Labute approximate surface area is 91.0 Å².